The summed E-state index contributed by atoms with van der Waals surface area (Å²) in [4.78, 5) is 38.6. The van der Waals surface area contributed by atoms with Gasteiger partial charge in [0.05, 0.1) is 9.95 Å². The van der Waals surface area contributed by atoms with Crippen molar-refractivity contribution < 1.29 is 14.5 Å². The molecule has 7 nitrogen and oxygen atoms in total. The van der Waals surface area contributed by atoms with E-state index in [-0.39, 0.29) is 20.8 Å². The van der Waals surface area contributed by atoms with Gasteiger partial charge in [0.15, 0.2) is 5.36 Å². The number of nitrogens with zero attached hydrogens (tertiary/aromatic N) is 3. The van der Waals surface area contributed by atoms with Gasteiger partial charge in [0.1, 0.15) is 10.4 Å². The first-order chi connectivity index (χ1) is 7.91. The fourth-order valence-corrected chi connectivity index (χ4v) is 1.66. The normalized spacial score (nSPS) is 13.8. The van der Waals surface area contributed by atoms with Gasteiger partial charge in [0.25, 0.3) is 0 Å². The molecule has 0 N–H and O–H groups in total. The molecular weight excluding hydrogens is 273 g/mol. The van der Waals surface area contributed by atoms with E-state index in [9.17, 15) is 19.7 Å². The van der Waals surface area contributed by atoms with Gasteiger partial charge in [0, 0.05) is 0 Å². The molecule has 0 bridgehead atoms. The third-order valence-corrected chi connectivity index (χ3v) is 2.73. The number of hydrogen-bond donors (Lipinski definition) is 0. The number of fused-ring (bicyclic) bond motifs is 1. The Hall–Kier alpha value is -1.86. The van der Waals surface area contributed by atoms with Crippen LogP contribution in [0.3, 0.4) is 0 Å². The molecule has 0 atom stereocenters. The lowest BCUT2D eigenvalue weighted by molar-refractivity contribution is -0.386. The summed E-state index contributed by atoms with van der Waals surface area (Å²) in [6.07, 6.45) is 0. The Morgan fingerprint density at radius 2 is 1.76 bits per heavy atom. The minimum atomic E-state index is -1.18. The van der Waals surface area contributed by atoms with E-state index in [0.29, 0.717) is 0 Å². The molecule has 0 unspecified atom stereocenters. The molecule has 1 heterocycles. The Morgan fingerprint density at radius 3 is 2.35 bits per heavy atom. The highest BCUT2D eigenvalue weighted by molar-refractivity contribution is 6.43. The van der Waals surface area contributed by atoms with Gasteiger partial charge in [-0.1, -0.05) is 23.2 Å². The molecule has 1 aromatic rings. The van der Waals surface area contributed by atoms with Crippen molar-refractivity contribution in [3.05, 3.63) is 36.9 Å². The molecule has 1 aromatic carbocycles. The van der Waals surface area contributed by atoms with Gasteiger partial charge in [-0.2, -0.15) is 4.99 Å². The highest BCUT2D eigenvalue weighted by Crippen LogP contribution is 2.27. The third-order valence-electron chi connectivity index (χ3n) is 1.95. The van der Waals surface area contributed by atoms with Crippen molar-refractivity contribution >= 4 is 40.7 Å². The second-order valence-corrected chi connectivity index (χ2v) is 3.76. The molecule has 17 heavy (non-hydrogen) atoms. The molecule has 86 valence electrons. The minimum absolute atomic E-state index is 0.141. The third kappa shape index (κ3) is 1.79. The maximum atomic E-state index is 11.0. The van der Waals surface area contributed by atoms with E-state index in [0.717, 1.165) is 6.07 Å². The van der Waals surface area contributed by atoms with Crippen LogP contribution in [-0.2, 0) is 9.59 Å². The average Bonchev–Trinajstić information content (AvgIpc) is 2.23. The monoisotopic (exact) mass is 273 g/mol. The number of benzene rings is 1. The number of hydrogen-bond acceptors (Lipinski definition) is 4. The molecule has 0 aromatic heterocycles. The van der Waals surface area contributed by atoms with Gasteiger partial charge in [-0.15, -0.1) is 0 Å². The summed E-state index contributed by atoms with van der Waals surface area (Å²) < 4.78 is 0. The van der Waals surface area contributed by atoms with Crippen LogP contribution in [0.25, 0.3) is 0 Å². The molecule has 2 rings (SSSR count). The summed E-state index contributed by atoms with van der Waals surface area (Å²) in [5.74, 6) is -2.29. The molecule has 0 radical (unpaired) electrons. The molecule has 0 fully saturated rings. The Kier molecular flexibility index (Phi) is 2.64. The quantitative estimate of drug-likeness (QED) is 0.414. The van der Waals surface area contributed by atoms with Crippen LogP contribution in [0, 0.1) is 10.1 Å². The van der Waals surface area contributed by atoms with Gasteiger partial charge < -0.3 is 0 Å². The van der Waals surface area contributed by atoms with Gasteiger partial charge in [-0.3, -0.25) is 19.7 Å². The molecule has 0 saturated carbocycles. The van der Waals surface area contributed by atoms with Crippen molar-refractivity contribution in [2.75, 3.05) is 0 Å². The van der Waals surface area contributed by atoms with Crippen molar-refractivity contribution in [2.24, 2.45) is 9.98 Å². The van der Waals surface area contributed by atoms with Gasteiger partial charge in [0.2, 0.25) is 0 Å². The first-order valence-electron chi connectivity index (χ1n) is 4.10. The topological polar surface area (TPSA) is 102 Å². The van der Waals surface area contributed by atoms with E-state index in [4.69, 9.17) is 23.2 Å². The summed E-state index contributed by atoms with van der Waals surface area (Å²) in [6.45, 7) is 0. The number of halogens is 2. The van der Waals surface area contributed by atoms with E-state index in [1.54, 1.807) is 0 Å². The molecule has 0 spiro atoms. The molecular formula is C8HCl2N3O4. The van der Waals surface area contributed by atoms with Gasteiger partial charge >= 0.3 is 17.5 Å². The molecule has 1 aliphatic rings. The van der Waals surface area contributed by atoms with E-state index in [1.807, 2.05) is 0 Å². The zero-order chi connectivity index (χ0) is 12.7. The van der Waals surface area contributed by atoms with Crippen LogP contribution in [0.4, 0.5) is 5.69 Å². The van der Waals surface area contributed by atoms with Crippen molar-refractivity contribution in [3.8, 4) is 0 Å². The summed E-state index contributed by atoms with van der Waals surface area (Å²) in [5.41, 5.74) is -0.640. The van der Waals surface area contributed by atoms with Crippen LogP contribution in [0.15, 0.2) is 16.1 Å². The summed E-state index contributed by atoms with van der Waals surface area (Å²) >= 11 is 11.3. The SMILES string of the molecule is O=C1N=c2cc(Cl)c(Cl)c([N+](=O)[O-])c2=NC1=O. The van der Waals surface area contributed by atoms with Crippen LogP contribution in [0.2, 0.25) is 10.0 Å². The Balaban J connectivity index is 3.02. The van der Waals surface area contributed by atoms with E-state index < -0.39 is 22.4 Å². The average molecular weight is 274 g/mol. The lowest BCUT2D eigenvalue weighted by Crippen LogP contribution is -2.36. The van der Waals surface area contributed by atoms with Crippen LogP contribution in [0.1, 0.15) is 0 Å². The molecule has 1 aliphatic heterocycles. The van der Waals surface area contributed by atoms with E-state index >= 15 is 0 Å². The summed E-state index contributed by atoms with van der Waals surface area (Å²) in [6, 6.07) is 1.14. The fraction of sp³-hybridized carbons (Fsp3) is 0. The minimum Gasteiger partial charge on any atom is -0.261 e. The second kappa shape index (κ2) is 3.86. The largest absolute Gasteiger partial charge is 0.338 e. The predicted octanol–water partition coefficient (Wildman–Crippen LogP) is 0.208. The van der Waals surface area contributed by atoms with E-state index in [2.05, 4.69) is 9.98 Å². The lowest BCUT2D eigenvalue weighted by Gasteiger charge is -2.01. The number of amides is 2. The maximum absolute atomic E-state index is 11.0. The number of nitro benzene ring substituents is 1. The molecule has 2 amide bonds. The zero-order valence-corrected chi connectivity index (χ0v) is 9.32. The Bertz CT molecular complexity index is 698. The number of carbonyl (C=O) groups excluding carboxylic acids is 2. The highest BCUT2D eigenvalue weighted by atomic mass is 35.5. The van der Waals surface area contributed by atoms with Crippen molar-refractivity contribution in [1.29, 1.82) is 0 Å². The van der Waals surface area contributed by atoms with Gasteiger partial charge in [-0.25, -0.2) is 4.99 Å². The zero-order valence-electron chi connectivity index (χ0n) is 7.81. The van der Waals surface area contributed by atoms with E-state index in [1.165, 1.54) is 0 Å². The summed E-state index contributed by atoms with van der Waals surface area (Å²) in [5, 5.41) is 9.81. The van der Waals surface area contributed by atoms with Crippen LogP contribution >= 0.6 is 23.2 Å². The van der Waals surface area contributed by atoms with Gasteiger partial charge in [-0.05, 0) is 6.07 Å². The maximum Gasteiger partial charge on any atom is 0.338 e. The number of nitro groups is 1. The first-order valence-corrected chi connectivity index (χ1v) is 4.85. The van der Waals surface area contributed by atoms with Crippen molar-refractivity contribution in [1.82, 2.24) is 0 Å². The summed E-state index contributed by atoms with van der Waals surface area (Å²) in [7, 11) is 0. The smallest absolute Gasteiger partial charge is 0.261 e. The van der Waals surface area contributed by atoms with Crippen LogP contribution in [0.5, 0.6) is 0 Å². The Labute approximate surface area is 103 Å². The first kappa shape index (κ1) is 11.6. The highest BCUT2D eigenvalue weighted by Gasteiger charge is 2.25. The standard InChI is InChI=1S/C8HCl2N3O4/c9-2-1-3-5(6(4(2)10)13(16)17)12-8(15)7(14)11-3/h1H. The number of rotatable bonds is 1. The number of carbonyl (C=O) groups is 2. The van der Waals surface area contributed by atoms with Crippen molar-refractivity contribution in [2.45, 2.75) is 0 Å². The molecule has 0 saturated heterocycles. The fourth-order valence-electron chi connectivity index (χ4n) is 1.26. The molecule has 9 heteroatoms. The van der Waals surface area contributed by atoms with Crippen LogP contribution < -0.4 is 10.7 Å². The predicted molar refractivity (Wildman–Crippen MR) is 55.4 cm³/mol. The van der Waals surface area contributed by atoms with Crippen molar-refractivity contribution in [3.63, 3.8) is 0 Å². The second-order valence-electron chi connectivity index (χ2n) is 2.98. The molecule has 0 aliphatic carbocycles. The lowest BCUT2D eigenvalue weighted by atomic mass is 10.2. The van der Waals surface area contributed by atoms with Crippen LogP contribution in [-0.4, -0.2) is 16.7 Å². The Morgan fingerprint density at radius 1 is 1.18 bits per heavy atom.